The molecular formula is C17H21NO5. The smallest absolute Gasteiger partial charge is 0.416 e. The van der Waals surface area contributed by atoms with Gasteiger partial charge in [-0.05, 0) is 18.9 Å². The Balaban J connectivity index is 2.09. The molecule has 1 fully saturated rings. The topological polar surface area (TPSA) is 83.9 Å². The van der Waals surface area contributed by atoms with E-state index < -0.39 is 30.1 Å². The van der Waals surface area contributed by atoms with Crippen molar-refractivity contribution in [2.24, 2.45) is 5.92 Å². The third-order valence-electron chi connectivity index (χ3n) is 3.98. The number of rotatable bonds is 6. The van der Waals surface area contributed by atoms with Gasteiger partial charge in [-0.15, -0.1) is 0 Å². The molecule has 6 heteroatoms. The van der Waals surface area contributed by atoms with E-state index >= 15 is 0 Å². The summed E-state index contributed by atoms with van der Waals surface area (Å²) in [5, 5.41) is 9.96. The minimum absolute atomic E-state index is 0.112. The maximum Gasteiger partial charge on any atom is 0.416 e. The molecule has 0 bridgehead atoms. The standard InChI is InChI=1S/C17H21NO5/c1-11(19)8-15(20)12(2)16(21)18-14(10-23-17(18)22)9-13-6-4-3-5-7-13/h3-7,12,14-15,20H,8-10H2,1-2H3/t12-,14-,15+/m1/s1. The fourth-order valence-corrected chi connectivity index (χ4v) is 2.62. The number of carbonyl (C=O) groups is 3. The van der Waals surface area contributed by atoms with Gasteiger partial charge in [0, 0.05) is 6.42 Å². The van der Waals surface area contributed by atoms with Gasteiger partial charge in [0.2, 0.25) is 5.91 Å². The van der Waals surface area contributed by atoms with Crippen LogP contribution in [0.25, 0.3) is 0 Å². The molecule has 2 amide bonds. The number of nitrogens with zero attached hydrogens (tertiary/aromatic N) is 1. The lowest BCUT2D eigenvalue weighted by molar-refractivity contribution is -0.137. The molecule has 0 aliphatic carbocycles. The molecule has 1 aliphatic rings. The van der Waals surface area contributed by atoms with E-state index in [0.717, 1.165) is 10.5 Å². The zero-order valence-electron chi connectivity index (χ0n) is 13.3. The molecular weight excluding hydrogens is 298 g/mol. The van der Waals surface area contributed by atoms with Crippen molar-refractivity contribution in [2.75, 3.05) is 6.61 Å². The summed E-state index contributed by atoms with van der Waals surface area (Å²) in [6.07, 6.45) is -1.42. The monoisotopic (exact) mass is 319 g/mol. The molecule has 1 saturated heterocycles. The van der Waals surface area contributed by atoms with E-state index in [0.29, 0.717) is 6.42 Å². The summed E-state index contributed by atoms with van der Waals surface area (Å²) in [5.74, 6) is -1.56. The van der Waals surface area contributed by atoms with Gasteiger partial charge in [0.1, 0.15) is 12.4 Å². The number of carbonyl (C=O) groups excluding carboxylic acids is 3. The first-order chi connectivity index (χ1) is 10.9. The number of ketones is 1. The van der Waals surface area contributed by atoms with E-state index in [1.54, 1.807) is 0 Å². The van der Waals surface area contributed by atoms with Gasteiger partial charge in [-0.1, -0.05) is 37.3 Å². The average Bonchev–Trinajstić information content (AvgIpc) is 2.86. The second kappa shape index (κ2) is 7.37. The Bertz CT molecular complexity index is 586. The van der Waals surface area contributed by atoms with Crippen LogP contribution in [0.5, 0.6) is 0 Å². The van der Waals surface area contributed by atoms with Crippen LogP contribution in [0.3, 0.4) is 0 Å². The summed E-state index contributed by atoms with van der Waals surface area (Å²) in [6, 6.07) is 9.10. The van der Waals surface area contributed by atoms with Crippen molar-refractivity contribution in [3.05, 3.63) is 35.9 Å². The van der Waals surface area contributed by atoms with E-state index in [-0.39, 0.29) is 18.8 Å². The molecule has 0 unspecified atom stereocenters. The molecule has 23 heavy (non-hydrogen) atoms. The van der Waals surface area contributed by atoms with Crippen LogP contribution in [-0.2, 0) is 20.7 Å². The number of hydrogen-bond donors (Lipinski definition) is 1. The molecule has 0 radical (unpaired) electrons. The molecule has 2 rings (SSSR count). The Kier molecular flexibility index (Phi) is 5.50. The van der Waals surface area contributed by atoms with Crippen LogP contribution in [-0.4, -0.2) is 46.5 Å². The molecule has 1 aromatic rings. The van der Waals surface area contributed by atoms with Crippen molar-refractivity contribution in [2.45, 2.75) is 38.8 Å². The SMILES string of the molecule is CC(=O)C[C@H](O)[C@@H](C)C(=O)N1C(=O)OC[C@H]1Cc1ccccc1. The molecule has 0 aromatic heterocycles. The molecule has 6 nitrogen and oxygen atoms in total. The van der Waals surface area contributed by atoms with Gasteiger partial charge in [-0.25, -0.2) is 9.69 Å². The van der Waals surface area contributed by atoms with Crippen LogP contribution in [0, 0.1) is 5.92 Å². The fourth-order valence-electron chi connectivity index (χ4n) is 2.62. The summed E-state index contributed by atoms with van der Waals surface area (Å²) >= 11 is 0. The van der Waals surface area contributed by atoms with Gasteiger partial charge in [0.25, 0.3) is 0 Å². The normalized spacial score (nSPS) is 20.0. The van der Waals surface area contributed by atoms with Crippen LogP contribution in [0.2, 0.25) is 0 Å². The average molecular weight is 319 g/mol. The number of ether oxygens (including phenoxy) is 1. The lowest BCUT2D eigenvalue weighted by Crippen LogP contribution is -2.46. The Morgan fingerprint density at radius 1 is 1.35 bits per heavy atom. The highest BCUT2D eigenvalue weighted by molar-refractivity contribution is 5.95. The maximum atomic E-state index is 12.5. The van der Waals surface area contributed by atoms with Gasteiger partial charge in [0.15, 0.2) is 0 Å². The predicted molar refractivity (Wildman–Crippen MR) is 82.6 cm³/mol. The molecule has 124 valence electrons. The van der Waals surface area contributed by atoms with Crippen molar-refractivity contribution in [1.82, 2.24) is 4.90 Å². The summed E-state index contributed by atoms with van der Waals surface area (Å²) in [7, 11) is 0. The number of benzene rings is 1. The first-order valence-electron chi connectivity index (χ1n) is 7.61. The molecule has 1 N–H and O–H groups in total. The first-order valence-corrected chi connectivity index (χ1v) is 7.61. The Hall–Kier alpha value is -2.21. The first kappa shape index (κ1) is 17.1. The lowest BCUT2D eigenvalue weighted by Gasteiger charge is -2.25. The highest BCUT2D eigenvalue weighted by Crippen LogP contribution is 2.22. The van der Waals surface area contributed by atoms with Gasteiger partial charge >= 0.3 is 6.09 Å². The number of cyclic esters (lactones) is 1. The molecule has 1 aliphatic heterocycles. The highest BCUT2D eigenvalue weighted by Gasteiger charge is 2.41. The molecule has 1 heterocycles. The zero-order valence-corrected chi connectivity index (χ0v) is 13.3. The molecule has 0 spiro atoms. The maximum absolute atomic E-state index is 12.5. The number of hydrogen-bond acceptors (Lipinski definition) is 5. The van der Waals surface area contributed by atoms with Crippen molar-refractivity contribution in [3.8, 4) is 0 Å². The fraction of sp³-hybridized carbons (Fsp3) is 0.471. The third kappa shape index (κ3) is 4.16. The van der Waals surface area contributed by atoms with Gasteiger partial charge in [-0.3, -0.25) is 9.59 Å². The van der Waals surface area contributed by atoms with Crippen LogP contribution < -0.4 is 0 Å². The van der Waals surface area contributed by atoms with E-state index in [2.05, 4.69) is 0 Å². The molecule has 3 atom stereocenters. The Morgan fingerprint density at radius 2 is 2.00 bits per heavy atom. The van der Waals surface area contributed by atoms with E-state index in [1.807, 2.05) is 30.3 Å². The van der Waals surface area contributed by atoms with Crippen molar-refractivity contribution in [1.29, 1.82) is 0 Å². The summed E-state index contributed by atoms with van der Waals surface area (Å²) in [4.78, 5) is 36.6. The van der Waals surface area contributed by atoms with Gasteiger partial charge in [0.05, 0.1) is 18.1 Å². The summed E-state index contributed by atoms with van der Waals surface area (Å²) in [6.45, 7) is 3.00. The number of aliphatic hydroxyl groups excluding tert-OH is 1. The van der Waals surface area contributed by atoms with Gasteiger partial charge < -0.3 is 9.84 Å². The Morgan fingerprint density at radius 3 is 2.61 bits per heavy atom. The van der Waals surface area contributed by atoms with Crippen LogP contribution in [0.15, 0.2) is 30.3 Å². The van der Waals surface area contributed by atoms with E-state index in [9.17, 15) is 19.5 Å². The number of aliphatic hydroxyl groups is 1. The van der Waals surface area contributed by atoms with E-state index in [4.69, 9.17) is 4.74 Å². The molecule has 0 saturated carbocycles. The largest absolute Gasteiger partial charge is 0.447 e. The van der Waals surface area contributed by atoms with Crippen LogP contribution in [0.1, 0.15) is 25.8 Å². The zero-order chi connectivity index (χ0) is 17.0. The summed E-state index contributed by atoms with van der Waals surface area (Å²) < 4.78 is 5.00. The third-order valence-corrected chi connectivity index (χ3v) is 3.98. The second-order valence-electron chi connectivity index (χ2n) is 5.89. The lowest BCUT2D eigenvalue weighted by atomic mass is 9.97. The molecule has 1 aromatic carbocycles. The Labute approximate surface area is 135 Å². The predicted octanol–water partition coefficient (Wildman–Crippen LogP) is 1.55. The minimum Gasteiger partial charge on any atom is -0.447 e. The van der Waals surface area contributed by atoms with Crippen molar-refractivity contribution < 1.29 is 24.2 Å². The quantitative estimate of drug-likeness (QED) is 0.860. The van der Waals surface area contributed by atoms with Gasteiger partial charge in [-0.2, -0.15) is 0 Å². The van der Waals surface area contributed by atoms with Crippen molar-refractivity contribution in [3.63, 3.8) is 0 Å². The van der Waals surface area contributed by atoms with Crippen LogP contribution in [0.4, 0.5) is 4.79 Å². The number of amides is 2. The number of imide groups is 1. The summed E-state index contributed by atoms with van der Waals surface area (Å²) in [5.41, 5.74) is 0.991. The van der Waals surface area contributed by atoms with Crippen LogP contribution >= 0.6 is 0 Å². The minimum atomic E-state index is -1.11. The highest BCUT2D eigenvalue weighted by atomic mass is 16.6. The second-order valence-corrected chi connectivity index (χ2v) is 5.89. The van der Waals surface area contributed by atoms with Crippen molar-refractivity contribution >= 4 is 17.8 Å². The van der Waals surface area contributed by atoms with E-state index in [1.165, 1.54) is 13.8 Å². The number of Topliss-reactive ketones (excluding diaryl/α,β-unsaturated/α-hetero) is 1.